The third-order valence-electron chi connectivity index (χ3n) is 2.25. The Morgan fingerprint density at radius 2 is 1.86 bits per heavy atom. The van der Waals surface area contributed by atoms with E-state index in [0.717, 1.165) is 0 Å². The maximum absolute atomic E-state index is 11.9. The van der Waals surface area contributed by atoms with Gasteiger partial charge in [-0.25, -0.2) is 18.6 Å². The molecule has 0 saturated heterocycles. The molecule has 9 heteroatoms. The maximum atomic E-state index is 11.9. The molecular weight excluding hydrogens is 300 g/mol. The molecule has 0 aliphatic heterocycles. The van der Waals surface area contributed by atoms with Gasteiger partial charge in [-0.05, 0) is 31.2 Å². The normalized spacial score (nSPS) is 11.0. The Labute approximate surface area is 123 Å². The smallest absolute Gasteiger partial charge is 0.422 e. The van der Waals surface area contributed by atoms with Gasteiger partial charge < -0.3 is 14.2 Å². The Balaban J connectivity index is 2.60. The molecule has 0 fully saturated rings. The van der Waals surface area contributed by atoms with Crippen molar-refractivity contribution in [1.82, 2.24) is 10.3 Å². The van der Waals surface area contributed by atoms with Gasteiger partial charge in [-0.2, -0.15) is 0 Å². The van der Waals surface area contributed by atoms with Crippen LogP contribution in [0.25, 0.3) is 0 Å². The average Bonchev–Trinajstić information content (AvgIpc) is 2.46. The molecule has 0 atom stereocenters. The van der Waals surface area contributed by atoms with Crippen molar-refractivity contribution >= 4 is 16.1 Å². The molecule has 0 saturated carbocycles. The van der Waals surface area contributed by atoms with E-state index in [0.29, 0.717) is 19.0 Å². The van der Waals surface area contributed by atoms with Crippen molar-refractivity contribution < 1.29 is 27.4 Å². The van der Waals surface area contributed by atoms with Gasteiger partial charge in [0.25, 0.3) is 10.0 Å². The molecule has 0 unspecified atom stereocenters. The number of carbonyl (C=O) groups is 1. The summed E-state index contributed by atoms with van der Waals surface area (Å²) in [6.45, 7) is 2.55. The Hall–Kier alpha value is -1.84. The number of amides is 1. The second-order valence-corrected chi connectivity index (χ2v) is 5.45. The summed E-state index contributed by atoms with van der Waals surface area (Å²) in [5.41, 5.74) is 1.93. The van der Waals surface area contributed by atoms with Gasteiger partial charge in [-0.3, -0.25) is 0 Å². The van der Waals surface area contributed by atoms with Gasteiger partial charge in [0.05, 0.1) is 18.1 Å². The molecule has 8 nitrogen and oxygen atoms in total. The van der Waals surface area contributed by atoms with E-state index >= 15 is 0 Å². The largest absolute Gasteiger partial charge is 0.491 e. The standard InChI is InChI=1S/C12H18N2O6S/c1-3-19-12(15)13-14-21(16,17)11-6-4-10(5-7-11)20-9-8-18-2/h4-7,14H,3,8-9H2,1-2H3,(H,13,15). The number of ether oxygens (including phenoxy) is 3. The minimum absolute atomic E-state index is 0.0154. The van der Waals surface area contributed by atoms with Crippen LogP contribution < -0.4 is 15.0 Å². The van der Waals surface area contributed by atoms with Gasteiger partial charge in [-0.15, -0.1) is 4.83 Å². The molecule has 0 aliphatic rings. The van der Waals surface area contributed by atoms with Crippen molar-refractivity contribution in [3.63, 3.8) is 0 Å². The van der Waals surface area contributed by atoms with Crippen LogP contribution in [0.3, 0.4) is 0 Å². The summed E-state index contributed by atoms with van der Waals surface area (Å²) in [4.78, 5) is 12.9. The summed E-state index contributed by atoms with van der Waals surface area (Å²) in [7, 11) is -2.30. The molecule has 21 heavy (non-hydrogen) atoms. The molecule has 0 heterocycles. The number of methoxy groups -OCH3 is 1. The van der Waals surface area contributed by atoms with E-state index in [4.69, 9.17) is 9.47 Å². The van der Waals surface area contributed by atoms with E-state index in [1.165, 1.54) is 24.3 Å². The fourth-order valence-electron chi connectivity index (χ4n) is 1.29. The van der Waals surface area contributed by atoms with E-state index in [-0.39, 0.29) is 11.5 Å². The Bertz CT molecular complexity index is 543. The van der Waals surface area contributed by atoms with Crippen LogP contribution in [0, 0.1) is 0 Å². The number of hydrazine groups is 1. The highest BCUT2D eigenvalue weighted by molar-refractivity contribution is 7.89. The first kappa shape index (κ1) is 17.2. The van der Waals surface area contributed by atoms with Gasteiger partial charge in [0.1, 0.15) is 12.4 Å². The van der Waals surface area contributed by atoms with Crippen molar-refractivity contribution in [2.75, 3.05) is 26.9 Å². The summed E-state index contributed by atoms with van der Waals surface area (Å²) < 4.78 is 38.4. The van der Waals surface area contributed by atoms with Crippen LogP contribution in [0.5, 0.6) is 5.75 Å². The minimum Gasteiger partial charge on any atom is -0.491 e. The van der Waals surface area contributed by atoms with Gasteiger partial charge in [0, 0.05) is 7.11 Å². The predicted octanol–water partition coefficient (Wildman–Crippen LogP) is 0.651. The van der Waals surface area contributed by atoms with Gasteiger partial charge in [0.2, 0.25) is 0 Å². The van der Waals surface area contributed by atoms with Crippen LogP contribution in [-0.2, 0) is 19.5 Å². The number of rotatable bonds is 8. The van der Waals surface area contributed by atoms with Crippen molar-refractivity contribution in [3.8, 4) is 5.75 Å². The van der Waals surface area contributed by atoms with Crippen molar-refractivity contribution in [2.24, 2.45) is 0 Å². The van der Waals surface area contributed by atoms with Gasteiger partial charge in [0.15, 0.2) is 0 Å². The van der Waals surface area contributed by atoms with Crippen molar-refractivity contribution in [1.29, 1.82) is 0 Å². The van der Waals surface area contributed by atoms with E-state index in [1.54, 1.807) is 14.0 Å². The number of hydrogen-bond acceptors (Lipinski definition) is 6. The molecule has 1 aromatic carbocycles. The summed E-state index contributed by atoms with van der Waals surface area (Å²) >= 11 is 0. The highest BCUT2D eigenvalue weighted by Gasteiger charge is 2.15. The molecule has 0 aromatic heterocycles. The van der Waals surface area contributed by atoms with Crippen LogP contribution in [0.2, 0.25) is 0 Å². The molecule has 1 amide bonds. The van der Waals surface area contributed by atoms with E-state index in [2.05, 4.69) is 4.74 Å². The van der Waals surface area contributed by atoms with Crippen LogP contribution in [0.1, 0.15) is 6.92 Å². The lowest BCUT2D eigenvalue weighted by molar-refractivity contribution is 0.146. The quantitative estimate of drug-likeness (QED) is 0.539. The Morgan fingerprint density at radius 3 is 2.43 bits per heavy atom. The summed E-state index contributed by atoms with van der Waals surface area (Å²) in [5.74, 6) is 0.518. The molecule has 1 aromatic rings. The van der Waals surface area contributed by atoms with Crippen molar-refractivity contribution in [3.05, 3.63) is 24.3 Å². The van der Waals surface area contributed by atoms with Crippen LogP contribution >= 0.6 is 0 Å². The number of sulfonamides is 1. The molecule has 0 radical (unpaired) electrons. The lowest BCUT2D eigenvalue weighted by Crippen LogP contribution is -2.41. The van der Waals surface area contributed by atoms with Gasteiger partial charge >= 0.3 is 6.09 Å². The zero-order valence-electron chi connectivity index (χ0n) is 11.8. The topological polar surface area (TPSA) is 103 Å². The molecular formula is C12H18N2O6S. The highest BCUT2D eigenvalue weighted by Crippen LogP contribution is 2.15. The second kappa shape index (κ2) is 8.45. The monoisotopic (exact) mass is 318 g/mol. The van der Waals surface area contributed by atoms with Gasteiger partial charge in [-0.1, -0.05) is 0 Å². The third-order valence-corrected chi connectivity index (χ3v) is 3.52. The summed E-state index contributed by atoms with van der Waals surface area (Å²) in [6, 6.07) is 5.73. The average molecular weight is 318 g/mol. The Morgan fingerprint density at radius 1 is 1.19 bits per heavy atom. The van der Waals surface area contributed by atoms with Crippen LogP contribution in [-0.4, -0.2) is 41.4 Å². The zero-order valence-corrected chi connectivity index (χ0v) is 12.6. The maximum Gasteiger partial charge on any atom is 0.422 e. The number of benzene rings is 1. The first-order chi connectivity index (χ1) is 9.99. The summed E-state index contributed by atoms with van der Waals surface area (Å²) in [5, 5.41) is 0. The molecule has 1 rings (SSSR count). The summed E-state index contributed by atoms with van der Waals surface area (Å²) in [6.07, 6.45) is -0.874. The first-order valence-electron chi connectivity index (χ1n) is 6.16. The number of nitrogens with one attached hydrogen (secondary N) is 2. The van der Waals surface area contributed by atoms with Crippen LogP contribution in [0.15, 0.2) is 29.2 Å². The Kier molecular flexibility index (Phi) is 6.92. The fraction of sp³-hybridized carbons (Fsp3) is 0.417. The molecule has 0 aliphatic carbocycles. The number of hydrogen-bond donors (Lipinski definition) is 2. The number of carbonyl (C=O) groups excluding carboxylic acids is 1. The van der Waals surface area contributed by atoms with E-state index in [1.807, 2.05) is 10.3 Å². The van der Waals surface area contributed by atoms with E-state index < -0.39 is 16.1 Å². The fourth-order valence-corrected chi connectivity index (χ4v) is 2.12. The second-order valence-electron chi connectivity index (χ2n) is 3.76. The molecule has 2 N–H and O–H groups in total. The van der Waals surface area contributed by atoms with E-state index in [9.17, 15) is 13.2 Å². The lowest BCUT2D eigenvalue weighted by Gasteiger charge is -2.09. The molecule has 0 bridgehead atoms. The third kappa shape index (κ3) is 5.98. The highest BCUT2D eigenvalue weighted by atomic mass is 32.2. The SMILES string of the molecule is CCOC(=O)NNS(=O)(=O)c1ccc(OCCOC)cc1. The van der Waals surface area contributed by atoms with Crippen molar-refractivity contribution in [2.45, 2.75) is 11.8 Å². The zero-order chi connectivity index (χ0) is 15.7. The minimum atomic E-state index is -3.86. The predicted molar refractivity (Wildman–Crippen MR) is 74.3 cm³/mol. The van der Waals surface area contributed by atoms with Crippen LogP contribution in [0.4, 0.5) is 4.79 Å². The molecule has 0 spiro atoms. The lowest BCUT2D eigenvalue weighted by atomic mass is 10.3. The molecule has 118 valence electrons. The first-order valence-corrected chi connectivity index (χ1v) is 7.64.